The van der Waals surface area contributed by atoms with Crippen LogP contribution >= 0.6 is 0 Å². The molecule has 4 aliphatic rings. The van der Waals surface area contributed by atoms with Gasteiger partial charge in [-0.1, -0.05) is 13.8 Å². The van der Waals surface area contributed by atoms with Gasteiger partial charge in [-0.15, -0.1) is 0 Å². The zero-order chi connectivity index (χ0) is 12.1. The van der Waals surface area contributed by atoms with Crippen molar-refractivity contribution in [1.82, 2.24) is 9.80 Å². The summed E-state index contributed by atoms with van der Waals surface area (Å²) in [5, 5.41) is 0. The van der Waals surface area contributed by atoms with Gasteiger partial charge in [0.25, 0.3) is 0 Å². The second-order valence-corrected chi connectivity index (χ2v) is 7.19. The molecule has 98 valence electrons. The summed E-state index contributed by atoms with van der Waals surface area (Å²) < 4.78 is 0. The van der Waals surface area contributed by atoms with Crippen LogP contribution in [0.3, 0.4) is 0 Å². The molecule has 2 N–H and O–H groups in total. The van der Waals surface area contributed by atoms with Crippen molar-refractivity contribution < 1.29 is 0 Å². The molecule has 3 heteroatoms. The lowest BCUT2D eigenvalue weighted by Gasteiger charge is -2.57. The molecule has 1 unspecified atom stereocenters. The average Bonchev–Trinajstić information content (AvgIpc) is 2.71. The predicted octanol–water partition coefficient (Wildman–Crippen LogP) is 1.14. The highest BCUT2D eigenvalue weighted by Gasteiger charge is 2.51. The van der Waals surface area contributed by atoms with Crippen LogP contribution in [0, 0.1) is 11.3 Å². The second-order valence-electron chi connectivity index (χ2n) is 7.19. The quantitative estimate of drug-likeness (QED) is 0.782. The van der Waals surface area contributed by atoms with E-state index in [9.17, 15) is 0 Å². The lowest BCUT2D eigenvalue weighted by Crippen LogP contribution is -2.69. The van der Waals surface area contributed by atoms with E-state index in [0.717, 1.165) is 12.5 Å². The van der Waals surface area contributed by atoms with Crippen LogP contribution in [0.1, 0.15) is 33.1 Å². The van der Waals surface area contributed by atoms with Crippen LogP contribution in [-0.2, 0) is 0 Å². The molecular formula is C14H27N3. The Morgan fingerprint density at radius 2 is 1.82 bits per heavy atom. The topological polar surface area (TPSA) is 32.5 Å². The Hall–Kier alpha value is -0.120. The summed E-state index contributed by atoms with van der Waals surface area (Å²) in [6, 6.07) is 0. The van der Waals surface area contributed by atoms with Gasteiger partial charge in [0.2, 0.25) is 0 Å². The molecule has 0 radical (unpaired) electrons. The first-order valence-corrected chi connectivity index (χ1v) is 7.23. The van der Waals surface area contributed by atoms with Crippen molar-refractivity contribution in [3.05, 3.63) is 0 Å². The summed E-state index contributed by atoms with van der Waals surface area (Å²) in [7, 11) is 0. The van der Waals surface area contributed by atoms with Gasteiger partial charge in [-0.25, -0.2) is 0 Å². The molecule has 4 fully saturated rings. The van der Waals surface area contributed by atoms with Gasteiger partial charge in [-0.05, 0) is 50.2 Å². The van der Waals surface area contributed by atoms with E-state index in [1.807, 2.05) is 0 Å². The number of hydrogen-bond acceptors (Lipinski definition) is 3. The van der Waals surface area contributed by atoms with E-state index in [-0.39, 0.29) is 0 Å². The van der Waals surface area contributed by atoms with Gasteiger partial charge in [0.15, 0.2) is 0 Å². The van der Waals surface area contributed by atoms with Gasteiger partial charge in [-0.3, -0.25) is 4.90 Å². The number of nitrogens with two attached hydrogens (primary N) is 1. The number of piperidine rings is 3. The molecular weight excluding hydrogens is 210 g/mol. The van der Waals surface area contributed by atoms with Crippen molar-refractivity contribution in [3.8, 4) is 0 Å². The molecule has 4 aliphatic heterocycles. The van der Waals surface area contributed by atoms with Gasteiger partial charge in [0.05, 0.1) is 0 Å². The summed E-state index contributed by atoms with van der Waals surface area (Å²) in [5.41, 5.74) is 7.03. The minimum atomic E-state index is 0.310. The Balaban J connectivity index is 1.83. The third kappa shape index (κ3) is 1.83. The lowest BCUT2D eigenvalue weighted by molar-refractivity contribution is -0.0606. The summed E-state index contributed by atoms with van der Waals surface area (Å²) in [5.74, 6) is 0.853. The van der Waals surface area contributed by atoms with E-state index < -0.39 is 0 Å². The summed E-state index contributed by atoms with van der Waals surface area (Å²) in [6.07, 6.45) is 4.07. The van der Waals surface area contributed by atoms with Crippen LogP contribution in [0.5, 0.6) is 0 Å². The standard InChI is InChI=1S/C14H27N3/c1-13(2)5-8-17(10-13)14(9-15)11-16-6-3-12(14)4-7-16/h12H,3-11,15H2,1-2H3. The number of likely N-dealkylation sites (tertiary alicyclic amines) is 1. The maximum absolute atomic E-state index is 6.22. The number of rotatable bonds is 2. The minimum absolute atomic E-state index is 0.310. The van der Waals surface area contributed by atoms with Crippen molar-refractivity contribution in [2.75, 3.05) is 39.3 Å². The second kappa shape index (κ2) is 3.94. The lowest BCUT2D eigenvalue weighted by atomic mass is 9.71. The van der Waals surface area contributed by atoms with E-state index in [4.69, 9.17) is 5.73 Å². The van der Waals surface area contributed by atoms with Crippen LogP contribution in [0.25, 0.3) is 0 Å². The molecule has 0 aromatic rings. The number of fused-ring (bicyclic) bond motifs is 3. The molecule has 1 atom stereocenters. The van der Waals surface area contributed by atoms with Crippen molar-refractivity contribution >= 4 is 0 Å². The van der Waals surface area contributed by atoms with Crippen LogP contribution < -0.4 is 5.73 Å². The van der Waals surface area contributed by atoms with E-state index in [2.05, 4.69) is 23.6 Å². The molecule has 4 saturated heterocycles. The highest BCUT2D eigenvalue weighted by molar-refractivity contribution is 5.08. The van der Waals surface area contributed by atoms with Gasteiger partial charge in [0.1, 0.15) is 0 Å². The SMILES string of the molecule is CC1(C)CCN(C2(CN)CN3CCC2CC3)C1. The first-order valence-electron chi connectivity index (χ1n) is 7.23. The summed E-state index contributed by atoms with van der Waals surface area (Å²) in [6.45, 7) is 12.0. The van der Waals surface area contributed by atoms with Crippen LogP contribution in [0.15, 0.2) is 0 Å². The Morgan fingerprint density at radius 3 is 2.24 bits per heavy atom. The van der Waals surface area contributed by atoms with Gasteiger partial charge >= 0.3 is 0 Å². The Bertz CT molecular complexity index is 294. The highest BCUT2D eigenvalue weighted by atomic mass is 15.3. The van der Waals surface area contributed by atoms with Crippen molar-refractivity contribution in [2.45, 2.75) is 38.6 Å². The average molecular weight is 237 g/mol. The molecule has 0 saturated carbocycles. The molecule has 4 rings (SSSR count). The zero-order valence-corrected chi connectivity index (χ0v) is 11.4. The highest BCUT2D eigenvalue weighted by Crippen LogP contribution is 2.43. The fourth-order valence-corrected chi connectivity index (χ4v) is 4.36. The van der Waals surface area contributed by atoms with Gasteiger partial charge in [0, 0.05) is 25.2 Å². The first kappa shape index (κ1) is 11.9. The Morgan fingerprint density at radius 1 is 1.12 bits per heavy atom. The molecule has 0 spiro atoms. The van der Waals surface area contributed by atoms with Crippen LogP contribution in [0.2, 0.25) is 0 Å². The van der Waals surface area contributed by atoms with E-state index in [0.29, 0.717) is 11.0 Å². The van der Waals surface area contributed by atoms with Gasteiger partial charge < -0.3 is 10.6 Å². The van der Waals surface area contributed by atoms with Gasteiger partial charge in [-0.2, -0.15) is 0 Å². The molecule has 0 aromatic carbocycles. The Kier molecular flexibility index (Phi) is 2.77. The smallest absolute Gasteiger partial charge is 0.0487 e. The Labute approximate surface area is 105 Å². The molecule has 3 nitrogen and oxygen atoms in total. The summed E-state index contributed by atoms with van der Waals surface area (Å²) in [4.78, 5) is 5.38. The van der Waals surface area contributed by atoms with Crippen molar-refractivity contribution in [3.63, 3.8) is 0 Å². The first-order chi connectivity index (χ1) is 8.06. The third-order valence-corrected chi connectivity index (χ3v) is 5.51. The third-order valence-electron chi connectivity index (χ3n) is 5.51. The van der Waals surface area contributed by atoms with Crippen LogP contribution in [-0.4, -0.2) is 54.6 Å². The molecule has 0 aliphatic carbocycles. The van der Waals surface area contributed by atoms with Crippen LogP contribution in [0.4, 0.5) is 0 Å². The monoisotopic (exact) mass is 237 g/mol. The normalized spacial score (nSPS) is 45.4. The largest absolute Gasteiger partial charge is 0.329 e. The fourth-order valence-electron chi connectivity index (χ4n) is 4.36. The predicted molar refractivity (Wildman–Crippen MR) is 70.9 cm³/mol. The van der Waals surface area contributed by atoms with E-state index >= 15 is 0 Å². The summed E-state index contributed by atoms with van der Waals surface area (Å²) >= 11 is 0. The number of hydrogen-bond donors (Lipinski definition) is 1. The molecule has 0 aromatic heterocycles. The molecule has 0 amide bonds. The van der Waals surface area contributed by atoms with E-state index in [1.165, 1.54) is 52.0 Å². The maximum Gasteiger partial charge on any atom is 0.0487 e. The molecule has 2 bridgehead atoms. The molecule has 17 heavy (non-hydrogen) atoms. The maximum atomic E-state index is 6.22. The van der Waals surface area contributed by atoms with Crippen molar-refractivity contribution in [2.24, 2.45) is 17.1 Å². The minimum Gasteiger partial charge on any atom is -0.329 e. The zero-order valence-electron chi connectivity index (χ0n) is 11.4. The van der Waals surface area contributed by atoms with E-state index in [1.54, 1.807) is 0 Å². The number of nitrogens with zero attached hydrogens (tertiary/aromatic N) is 2. The fraction of sp³-hybridized carbons (Fsp3) is 1.00. The molecule has 4 heterocycles. The van der Waals surface area contributed by atoms with Crippen molar-refractivity contribution in [1.29, 1.82) is 0 Å².